The summed E-state index contributed by atoms with van der Waals surface area (Å²) in [5.41, 5.74) is 0.607. The van der Waals surface area contributed by atoms with Crippen LogP contribution in [0.5, 0.6) is 0 Å². The Balaban J connectivity index is 1.62. The Morgan fingerprint density at radius 2 is 1.97 bits per heavy atom. The van der Waals surface area contributed by atoms with Gasteiger partial charge in [-0.15, -0.1) is 11.8 Å². The number of sulfone groups is 1. The van der Waals surface area contributed by atoms with E-state index in [1.165, 1.54) is 52.5 Å². The molecule has 2 aromatic carbocycles. The van der Waals surface area contributed by atoms with Crippen LogP contribution in [0, 0.1) is 5.82 Å². The summed E-state index contributed by atoms with van der Waals surface area (Å²) in [4.78, 5) is 20.1. The molecule has 4 rings (SSSR count). The lowest BCUT2D eigenvalue weighted by molar-refractivity contribution is -0.116. The Hall–Kier alpha value is -2.69. The van der Waals surface area contributed by atoms with Crippen molar-refractivity contribution in [3.05, 3.63) is 72.4 Å². The number of carbonyl (C=O) groups excluding carboxylic acids is 1. The topological polar surface area (TPSA) is 80.5 Å². The van der Waals surface area contributed by atoms with Crippen LogP contribution in [0.2, 0.25) is 0 Å². The predicted molar refractivity (Wildman–Crippen MR) is 120 cm³/mol. The molecule has 0 N–H and O–H groups in total. The summed E-state index contributed by atoms with van der Waals surface area (Å²) >= 11 is 2.53. The molecule has 6 nitrogen and oxygen atoms in total. The third-order valence-electron chi connectivity index (χ3n) is 4.38. The molecule has 0 saturated heterocycles. The van der Waals surface area contributed by atoms with Gasteiger partial charge in [0, 0.05) is 11.2 Å². The number of carbonyl (C=O) groups is 1. The zero-order valence-corrected chi connectivity index (χ0v) is 18.8. The van der Waals surface area contributed by atoms with E-state index >= 15 is 0 Å². The van der Waals surface area contributed by atoms with Crippen LogP contribution in [0.25, 0.3) is 10.2 Å². The first-order chi connectivity index (χ1) is 14.8. The van der Waals surface area contributed by atoms with Crippen LogP contribution >= 0.6 is 23.1 Å². The van der Waals surface area contributed by atoms with E-state index in [1.54, 1.807) is 36.4 Å². The zero-order valence-electron chi connectivity index (χ0n) is 16.3. The molecule has 160 valence electrons. The van der Waals surface area contributed by atoms with E-state index in [0.29, 0.717) is 21.1 Å². The third-order valence-corrected chi connectivity index (χ3v) is 7.53. The number of amides is 1. The van der Waals surface area contributed by atoms with Gasteiger partial charge in [-0.05, 0) is 54.6 Å². The van der Waals surface area contributed by atoms with Crippen LogP contribution in [-0.2, 0) is 21.2 Å². The van der Waals surface area contributed by atoms with Crippen LogP contribution in [0.1, 0.15) is 5.76 Å². The van der Waals surface area contributed by atoms with Crippen LogP contribution < -0.4 is 4.90 Å². The second-order valence-corrected chi connectivity index (χ2v) is 10.8. The fraction of sp³-hybridized carbons (Fsp3) is 0.143. The number of anilines is 1. The molecule has 4 aromatic rings. The number of nitrogens with zero attached hydrogens (tertiary/aromatic N) is 2. The minimum atomic E-state index is -3.35. The molecule has 10 heteroatoms. The van der Waals surface area contributed by atoms with Crippen molar-refractivity contribution in [1.29, 1.82) is 0 Å². The molecule has 2 heterocycles. The normalized spacial score (nSPS) is 11.7. The number of aromatic nitrogens is 1. The molecule has 2 aromatic heterocycles. The number of furan rings is 1. The first kappa shape index (κ1) is 21.5. The lowest BCUT2D eigenvalue weighted by atomic mass is 10.3. The number of hydrogen-bond donors (Lipinski definition) is 0. The molecule has 1 amide bonds. The molecule has 0 saturated carbocycles. The molecule has 0 fully saturated rings. The highest BCUT2D eigenvalue weighted by molar-refractivity contribution is 8.00. The SMILES string of the molecule is CS(=O)(=O)c1ccc2nc(N(Cc3ccco3)C(=O)CSc3ccc(F)cc3)sc2c1. The van der Waals surface area contributed by atoms with Crippen LogP contribution in [0.3, 0.4) is 0 Å². The second-order valence-electron chi connectivity index (χ2n) is 6.70. The highest BCUT2D eigenvalue weighted by atomic mass is 32.2. The summed E-state index contributed by atoms with van der Waals surface area (Å²) in [7, 11) is -3.35. The molecule has 0 bridgehead atoms. The Bertz CT molecular complexity index is 1320. The van der Waals surface area contributed by atoms with Gasteiger partial charge in [0.1, 0.15) is 11.6 Å². The average molecular weight is 477 g/mol. The number of halogens is 1. The van der Waals surface area contributed by atoms with Gasteiger partial charge in [-0.1, -0.05) is 11.3 Å². The van der Waals surface area contributed by atoms with Crippen molar-refractivity contribution in [2.24, 2.45) is 0 Å². The van der Waals surface area contributed by atoms with Crippen molar-refractivity contribution in [2.45, 2.75) is 16.3 Å². The molecular weight excluding hydrogens is 459 g/mol. The van der Waals surface area contributed by atoms with Gasteiger partial charge in [0.15, 0.2) is 15.0 Å². The molecule has 0 aliphatic carbocycles. The van der Waals surface area contributed by atoms with E-state index in [0.717, 1.165) is 11.2 Å². The first-order valence-electron chi connectivity index (χ1n) is 9.11. The maximum Gasteiger partial charge on any atom is 0.239 e. The lowest BCUT2D eigenvalue weighted by Crippen LogP contribution is -2.31. The molecule has 0 radical (unpaired) electrons. The lowest BCUT2D eigenvalue weighted by Gasteiger charge is -2.18. The van der Waals surface area contributed by atoms with Gasteiger partial charge in [0.25, 0.3) is 0 Å². The number of hydrogen-bond acceptors (Lipinski definition) is 7. The van der Waals surface area contributed by atoms with Gasteiger partial charge in [-0.25, -0.2) is 17.8 Å². The maximum absolute atomic E-state index is 13.1. The molecule has 0 unspecified atom stereocenters. The quantitative estimate of drug-likeness (QED) is 0.358. The van der Waals surface area contributed by atoms with Gasteiger partial charge in [-0.3, -0.25) is 9.69 Å². The van der Waals surface area contributed by atoms with E-state index < -0.39 is 9.84 Å². The van der Waals surface area contributed by atoms with Crippen molar-refractivity contribution in [3.8, 4) is 0 Å². The van der Waals surface area contributed by atoms with Gasteiger partial charge in [0.05, 0.1) is 33.7 Å². The maximum atomic E-state index is 13.1. The second kappa shape index (κ2) is 8.81. The van der Waals surface area contributed by atoms with Crippen LogP contribution in [0.4, 0.5) is 9.52 Å². The van der Waals surface area contributed by atoms with E-state index in [4.69, 9.17) is 4.42 Å². The summed E-state index contributed by atoms with van der Waals surface area (Å²) in [6.07, 6.45) is 2.68. The number of thioether (sulfide) groups is 1. The van der Waals surface area contributed by atoms with E-state index in [1.807, 2.05) is 0 Å². The predicted octanol–water partition coefficient (Wildman–Crippen LogP) is 4.76. The summed E-state index contributed by atoms with van der Waals surface area (Å²) < 4.78 is 42.9. The third kappa shape index (κ3) is 5.15. The van der Waals surface area contributed by atoms with Gasteiger partial charge in [-0.2, -0.15) is 0 Å². The number of fused-ring (bicyclic) bond motifs is 1. The molecule has 0 atom stereocenters. The highest BCUT2D eigenvalue weighted by Crippen LogP contribution is 2.32. The van der Waals surface area contributed by atoms with Gasteiger partial charge >= 0.3 is 0 Å². The smallest absolute Gasteiger partial charge is 0.239 e. The largest absolute Gasteiger partial charge is 0.467 e. The van der Waals surface area contributed by atoms with Gasteiger partial charge in [0.2, 0.25) is 5.91 Å². The van der Waals surface area contributed by atoms with Crippen LogP contribution in [0.15, 0.2) is 75.1 Å². The first-order valence-corrected chi connectivity index (χ1v) is 12.8. The Labute approximate surface area is 186 Å². The number of benzene rings is 2. The monoisotopic (exact) mass is 476 g/mol. The standard InChI is InChI=1S/C21H17FN2O4S3/c1-31(26,27)17-8-9-18-19(11-17)30-21(23-18)24(12-15-3-2-10-28-15)20(25)13-29-16-6-4-14(22)5-7-16/h2-11H,12-13H2,1H3. The Kier molecular flexibility index (Phi) is 6.12. The molecule has 0 aliphatic rings. The summed E-state index contributed by atoms with van der Waals surface area (Å²) in [6, 6.07) is 14.1. The van der Waals surface area contributed by atoms with E-state index in [-0.39, 0.29) is 28.9 Å². The fourth-order valence-corrected chi connectivity index (χ4v) is 5.33. The summed E-state index contributed by atoms with van der Waals surface area (Å²) in [5.74, 6) is 0.180. The number of thiazole rings is 1. The number of rotatable bonds is 7. The minimum absolute atomic E-state index is 0.122. The molecule has 0 aliphatic heterocycles. The zero-order chi connectivity index (χ0) is 22.0. The van der Waals surface area contributed by atoms with Crippen molar-refractivity contribution < 1.29 is 22.0 Å². The van der Waals surface area contributed by atoms with Crippen molar-refractivity contribution in [1.82, 2.24) is 4.98 Å². The van der Waals surface area contributed by atoms with Crippen molar-refractivity contribution >= 4 is 54.2 Å². The minimum Gasteiger partial charge on any atom is -0.467 e. The summed E-state index contributed by atoms with van der Waals surface area (Å²) in [5, 5.41) is 0.446. The fourth-order valence-electron chi connectivity index (χ4n) is 2.81. The molecule has 31 heavy (non-hydrogen) atoms. The summed E-state index contributed by atoms with van der Waals surface area (Å²) in [6.45, 7) is 0.189. The molecule has 0 spiro atoms. The van der Waals surface area contributed by atoms with E-state index in [9.17, 15) is 17.6 Å². The van der Waals surface area contributed by atoms with Crippen LogP contribution in [-0.4, -0.2) is 31.3 Å². The van der Waals surface area contributed by atoms with Gasteiger partial charge < -0.3 is 4.42 Å². The highest BCUT2D eigenvalue weighted by Gasteiger charge is 2.22. The van der Waals surface area contributed by atoms with Crippen molar-refractivity contribution in [3.63, 3.8) is 0 Å². The Morgan fingerprint density at radius 1 is 1.19 bits per heavy atom. The van der Waals surface area contributed by atoms with Crippen molar-refractivity contribution in [2.75, 3.05) is 16.9 Å². The van der Waals surface area contributed by atoms with E-state index in [2.05, 4.69) is 4.98 Å². The Morgan fingerprint density at radius 3 is 2.65 bits per heavy atom. The molecular formula is C21H17FN2O4S3. The average Bonchev–Trinajstić information content (AvgIpc) is 3.39.